The van der Waals surface area contributed by atoms with Gasteiger partial charge in [-0.2, -0.15) is 5.10 Å². The lowest BCUT2D eigenvalue weighted by Gasteiger charge is -2.20. The Morgan fingerprint density at radius 2 is 1.89 bits per heavy atom. The van der Waals surface area contributed by atoms with Gasteiger partial charge in [0.05, 0.1) is 5.69 Å². The van der Waals surface area contributed by atoms with Crippen molar-refractivity contribution >= 4 is 0 Å². The zero-order valence-corrected chi connectivity index (χ0v) is 12.9. The standard InChI is InChI=1S/C15H29N3/c1-7-8-11-18-13(3)14(12(2)17-18)9-10-16-15(4,5)6/h16H,7-11H2,1-6H3. The fraction of sp³-hybridized carbons (Fsp3) is 0.800. The number of nitrogens with zero attached hydrogens (tertiary/aromatic N) is 2. The van der Waals surface area contributed by atoms with E-state index in [1.165, 1.54) is 29.8 Å². The van der Waals surface area contributed by atoms with E-state index in [1.807, 2.05) is 0 Å². The van der Waals surface area contributed by atoms with Crippen molar-refractivity contribution in [2.75, 3.05) is 6.54 Å². The summed E-state index contributed by atoms with van der Waals surface area (Å²) in [6, 6.07) is 0. The molecule has 3 nitrogen and oxygen atoms in total. The van der Waals surface area contributed by atoms with Crippen molar-refractivity contribution in [2.45, 2.75) is 72.9 Å². The molecule has 0 saturated carbocycles. The molecule has 0 aliphatic rings. The molecular formula is C15H29N3. The molecule has 1 aromatic heterocycles. The van der Waals surface area contributed by atoms with Crippen molar-refractivity contribution in [3.05, 3.63) is 17.0 Å². The second-order valence-electron chi connectivity index (χ2n) is 6.15. The average Bonchev–Trinajstić information content (AvgIpc) is 2.52. The molecule has 1 N–H and O–H groups in total. The molecule has 0 fully saturated rings. The summed E-state index contributed by atoms with van der Waals surface area (Å²) in [7, 11) is 0. The molecule has 0 atom stereocenters. The highest BCUT2D eigenvalue weighted by molar-refractivity contribution is 5.24. The lowest BCUT2D eigenvalue weighted by molar-refractivity contribution is 0.429. The lowest BCUT2D eigenvalue weighted by atomic mass is 10.1. The smallest absolute Gasteiger partial charge is 0.0628 e. The van der Waals surface area contributed by atoms with Gasteiger partial charge >= 0.3 is 0 Å². The molecule has 0 saturated heterocycles. The number of nitrogens with one attached hydrogen (secondary N) is 1. The van der Waals surface area contributed by atoms with Gasteiger partial charge in [-0.25, -0.2) is 0 Å². The van der Waals surface area contributed by atoms with Crippen LogP contribution in [0.4, 0.5) is 0 Å². The van der Waals surface area contributed by atoms with Crippen molar-refractivity contribution in [2.24, 2.45) is 0 Å². The highest BCUT2D eigenvalue weighted by atomic mass is 15.3. The van der Waals surface area contributed by atoms with Gasteiger partial charge < -0.3 is 5.32 Å². The van der Waals surface area contributed by atoms with E-state index in [0.29, 0.717) is 0 Å². The van der Waals surface area contributed by atoms with Gasteiger partial charge in [0.25, 0.3) is 0 Å². The second kappa shape index (κ2) is 6.37. The van der Waals surface area contributed by atoms with Crippen LogP contribution in [0.2, 0.25) is 0 Å². The molecule has 1 aromatic rings. The number of aromatic nitrogens is 2. The third kappa shape index (κ3) is 4.45. The van der Waals surface area contributed by atoms with Gasteiger partial charge in [0.1, 0.15) is 0 Å². The summed E-state index contributed by atoms with van der Waals surface area (Å²) < 4.78 is 2.17. The minimum absolute atomic E-state index is 0.194. The molecule has 0 aliphatic heterocycles. The predicted molar refractivity (Wildman–Crippen MR) is 78.1 cm³/mol. The van der Waals surface area contributed by atoms with E-state index in [4.69, 9.17) is 0 Å². The van der Waals surface area contributed by atoms with E-state index >= 15 is 0 Å². The first-order valence-electron chi connectivity index (χ1n) is 7.13. The van der Waals surface area contributed by atoms with E-state index in [2.05, 4.69) is 56.6 Å². The molecule has 0 radical (unpaired) electrons. The molecule has 104 valence electrons. The van der Waals surface area contributed by atoms with Crippen molar-refractivity contribution < 1.29 is 0 Å². The van der Waals surface area contributed by atoms with Gasteiger partial charge in [0.2, 0.25) is 0 Å². The summed E-state index contributed by atoms with van der Waals surface area (Å²) in [6.45, 7) is 15.2. The SMILES string of the molecule is CCCCn1nc(C)c(CCNC(C)(C)C)c1C. The minimum Gasteiger partial charge on any atom is -0.312 e. The lowest BCUT2D eigenvalue weighted by Crippen LogP contribution is -2.37. The Hall–Kier alpha value is -0.830. The molecule has 3 heteroatoms. The molecule has 1 heterocycles. The van der Waals surface area contributed by atoms with Crippen molar-refractivity contribution in [3.8, 4) is 0 Å². The monoisotopic (exact) mass is 251 g/mol. The summed E-state index contributed by atoms with van der Waals surface area (Å²) in [5, 5.41) is 8.19. The van der Waals surface area contributed by atoms with E-state index < -0.39 is 0 Å². The number of aryl methyl sites for hydroxylation is 2. The van der Waals surface area contributed by atoms with Crippen LogP contribution in [0.5, 0.6) is 0 Å². The molecule has 1 rings (SSSR count). The Kier molecular flexibility index (Phi) is 5.39. The van der Waals surface area contributed by atoms with Crippen LogP contribution in [0.3, 0.4) is 0 Å². The van der Waals surface area contributed by atoms with Gasteiger partial charge in [-0.15, -0.1) is 0 Å². The topological polar surface area (TPSA) is 29.9 Å². The molecule has 0 aliphatic carbocycles. The van der Waals surface area contributed by atoms with E-state index in [-0.39, 0.29) is 5.54 Å². The van der Waals surface area contributed by atoms with Crippen LogP contribution in [0.15, 0.2) is 0 Å². The maximum atomic E-state index is 4.65. The second-order valence-corrected chi connectivity index (χ2v) is 6.15. The first-order valence-corrected chi connectivity index (χ1v) is 7.13. The van der Waals surface area contributed by atoms with E-state index in [9.17, 15) is 0 Å². The fourth-order valence-corrected chi connectivity index (χ4v) is 2.18. The van der Waals surface area contributed by atoms with Crippen LogP contribution < -0.4 is 5.32 Å². The molecule has 18 heavy (non-hydrogen) atoms. The van der Waals surface area contributed by atoms with Gasteiger partial charge in [0, 0.05) is 17.8 Å². The zero-order chi connectivity index (χ0) is 13.8. The molecule has 0 unspecified atom stereocenters. The predicted octanol–water partition coefficient (Wildman–Crippen LogP) is 3.23. The summed E-state index contributed by atoms with van der Waals surface area (Å²) in [5.41, 5.74) is 4.15. The minimum atomic E-state index is 0.194. The van der Waals surface area contributed by atoms with Gasteiger partial charge in [-0.3, -0.25) is 4.68 Å². The molecule has 0 spiro atoms. The number of rotatable bonds is 6. The molecule has 0 amide bonds. The van der Waals surface area contributed by atoms with Crippen molar-refractivity contribution in [3.63, 3.8) is 0 Å². The number of hydrogen-bond acceptors (Lipinski definition) is 2. The summed E-state index contributed by atoms with van der Waals surface area (Å²) >= 11 is 0. The highest BCUT2D eigenvalue weighted by Gasteiger charge is 2.13. The summed E-state index contributed by atoms with van der Waals surface area (Å²) in [4.78, 5) is 0. The molecule has 0 aromatic carbocycles. The normalized spacial score (nSPS) is 12.1. The Morgan fingerprint density at radius 1 is 1.22 bits per heavy atom. The van der Waals surface area contributed by atoms with Crippen LogP contribution in [-0.4, -0.2) is 21.9 Å². The van der Waals surface area contributed by atoms with Crippen molar-refractivity contribution in [1.29, 1.82) is 0 Å². The Balaban J connectivity index is 2.62. The maximum Gasteiger partial charge on any atom is 0.0628 e. The fourth-order valence-electron chi connectivity index (χ4n) is 2.18. The third-order valence-corrected chi connectivity index (χ3v) is 3.29. The average molecular weight is 251 g/mol. The van der Waals surface area contributed by atoms with Crippen molar-refractivity contribution in [1.82, 2.24) is 15.1 Å². The van der Waals surface area contributed by atoms with Gasteiger partial charge in [-0.1, -0.05) is 13.3 Å². The first-order chi connectivity index (χ1) is 8.35. The number of unbranched alkanes of at least 4 members (excludes halogenated alkanes) is 1. The van der Waals surface area contributed by atoms with E-state index in [1.54, 1.807) is 0 Å². The van der Waals surface area contributed by atoms with Gasteiger partial charge in [0.15, 0.2) is 0 Å². The van der Waals surface area contributed by atoms with Crippen LogP contribution >= 0.6 is 0 Å². The Morgan fingerprint density at radius 3 is 2.44 bits per heavy atom. The summed E-state index contributed by atoms with van der Waals surface area (Å²) in [5.74, 6) is 0. The van der Waals surface area contributed by atoms with Gasteiger partial charge in [-0.05, 0) is 59.6 Å². The Labute approximate surface area is 112 Å². The van der Waals surface area contributed by atoms with E-state index in [0.717, 1.165) is 19.5 Å². The molecular weight excluding hydrogens is 222 g/mol. The van der Waals surface area contributed by atoms with Crippen LogP contribution in [-0.2, 0) is 13.0 Å². The van der Waals surface area contributed by atoms with Crippen LogP contribution in [0, 0.1) is 13.8 Å². The zero-order valence-electron chi connectivity index (χ0n) is 12.9. The maximum absolute atomic E-state index is 4.65. The third-order valence-electron chi connectivity index (χ3n) is 3.29. The van der Waals surface area contributed by atoms with Crippen LogP contribution in [0.1, 0.15) is 57.5 Å². The largest absolute Gasteiger partial charge is 0.312 e. The first kappa shape index (κ1) is 15.2. The Bertz CT molecular complexity index is 372. The molecule has 0 bridgehead atoms. The quantitative estimate of drug-likeness (QED) is 0.841. The number of hydrogen-bond donors (Lipinski definition) is 1. The summed E-state index contributed by atoms with van der Waals surface area (Å²) in [6.07, 6.45) is 3.50. The highest BCUT2D eigenvalue weighted by Crippen LogP contribution is 2.14. The van der Waals surface area contributed by atoms with Crippen LogP contribution in [0.25, 0.3) is 0 Å².